The highest BCUT2D eigenvalue weighted by Gasteiger charge is 2.16. The number of anilines is 1. The number of amides is 2. The lowest BCUT2D eigenvalue weighted by atomic mass is 10.0. The Balaban J connectivity index is 2.13. The molecule has 4 heteroatoms. The van der Waals surface area contributed by atoms with E-state index in [0.717, 1.165) is 31.6 Å². The predicted octanol–water partition coefficient (Wildman–Crippen LogP) is 5.32. The van der Waals surface area contributed by atoms with E-state index in [0.29, 0.717) is 17.0 Å². The van der Waals surface area contributed by atoms with Crippen molar-refractivity contribution in [3.63, 3.8) is 0 Å². The lowest BCUT2D eigenvalue weighted by molar-refractivity contribution is 0.0755. The molecule has 0 atom stereocenters. The van der Waals surface area contributed by atoms with Gasteiger partial charge in [-0.25, -0.2) is 0 Å². The zero-order chi connectivity index (χ0) is 19.8. The van der Waals surface area contributed by atoms with Crippen LogP contribution in [0.1, 0.15) is 72.7 Å². The SMILES string of the molecule is CCCN(CCC)C(=O)c1cccc(C(=O)Nc2ccc(C(C)C)cc2)c1. The molecule has 0 aliphatic heterocycles. The second-order valence-corrected chi connectivity index (χ2v) is 7.10. The average Bonchev–Trinajstić information content (AvgIpc) is 2.67. The molecule has 0 aliphatic carbocycles. The molecule has 0 aromatic heterocycles. The van der Waals surface area contributed by atoms with Gasteiger partial charge in [0.2, 0.25) is 0 Å². The number of carbonyl (C=O) groups is 2. The van der Waals surface area contributed by atoms with E-state index in [1.54, 1.807) is 24.3 Å². The van der Waals surface area contributed by atoms with Gasteiger partial charge < -0.3 is 10.2 Å². The van der Waals surface area contributed by atoms with E-state index in [-0.39, 0.29) is 11.8 Å². The molecule has 0 unspecified atom stereocenters. The summed E-state index contributed by atoms with van der Waals surface area (Å²) in [5, 5.41) is 2.91. The van der Waals surface area contributed by atoms with E-state index in [2.05, 4.69) is 33.0 Å². The maximum absolute atomic E-state index is 12.8. The summed E-state index contributed by atoms with van der Waals surface area (Å²) in [6.07, 6.45) is 1.83. The van der Waals surface area contributed by atoms with E-state index < -0.39 is 0 Å². The van der Waals surface area contributed by atoms with E-state index in [1.165, 1.54) is 5.56 Å². The molecule has 2 amide bonds. The number of rotatable bonds is 8. The number of nitrogens with zero attached hydrogens (tertiary/aromatic N) is 1. The van der Waals surface area contributed by atoms with Crippen molar-refractivity contribution < 1.29 is 9.59 Å². The van der Waals surface area contributed by atoms with Crippen molar-refractivity contribution in [3.05, 3.63) is 65.2 Å². The molecule has 1 N–H and O–H groups in total. The van der Waals surface area contributed by atoms with Crippen LogP contribution < -0.4 is 5.32 Å². The van der Waals surface area contributed by atoms with E-state index in [9.17, 15) is 9.59 Å². The van der Waals surface area contributed by atoms with Crippen molar-refractivity contribution in [3.8, 4) is 0 Å². The maximum atomic E-state index is 12.8. The zero-order valence-electron chi connectivity index (χ0n) is 16.8. The summed E-state index contributed by atoms with van der Waals surface area (Å²) in [7, 11) is 0. The van der Waals surface area contributed by atoms with Crippen LogP contribution in [0, 0.1) is 0 Å². The molecule has 2 aromatic rings. The monoisotopic (exact) mass is 366 g/mol. The van der Waals surface area contributed by atoms with Gasteiger partial charge in [0.05, 0.1) is 0 Å². The van der Waals surface area contributed by atoms with Gasteiger partial charge in [-0.1, -0.05) is 45.9 Å². The molecule has 0 saturated heterocycles. The molecule has 2 aromatic carbocycles. The molecule has 4 nitrogen and oxygen atoms in total. The Kier molecular flexibility index (Phi) is 7.59. The Morgan fingerprint density at radius 2 is 1.52 bits per heavy atom. The summed E-state index contributed by atoms with van der Waals surface area (Å²) in [5.41, 5.74) is 3.02. The Morgan fingerprint density at radius 3 is 2.07 bits per heavy atom. The Hall–Kier alpha value is -2.62. The molecule has 0 heterocycles. The van der Waals surface area contributed by atoms with Crippen LogP contribution in [-0.2, 0) is 0 Å². The van der Waals surface area contributed by atoms with Gasteiger partial charge in [0, 0.05) is 29.9 Å². The second-order valence-electron chi connectivity index (χ2n) is 7.10. The van der Waals surface area contributed by atoms with Gasteiger partial charge in [-0.15, -0.1) is 0 Å². The number of carbonyl (C=O) groups excluding carboxylic acids is 2. The molecule has 0 spiro atoms. The van der Waals surface area contributed by atoms with Gasteiger partial charge in [0.15, 0.2) is 0 Å². The quantitative estimate of drug-likeness (QED) is 0.687. The third-order valence-corrected chi connectivity index (χ3v) is 4.48. The van der Waals surface area contributed by atoms with Crippen molar-refractivity contribution in [1.82, 2.24) is 4.90 Å². The number of hydrogen-bond acceptors (Lipinski definition) is 2. The topological polar surface area (TPSA) is 49.4 Å². The summed E-state index contributed by atoms with van der Waals surface area (Å²) in [6, 6.07) is 14.8. The molecular formula is C23H30N2O2. The fourth-order valence-electron chi connectivity index (χ4n) is 2.99. The lowest BCUT2D eigenvalue weighted by Crippen LogP contribution is -2.32. The average molecular weight is 367 g/mol. The van der Waals surface area contributed by atoms with Crippen LogP contribution in [0.25, 0.3) is 0 Å². The number of hydrogen-bond donors (Lipinski definition) is 1. The highest BCUT2D eigenvalue weighted by molar-refractivity contribution is 6.06. The van der Waals surface area contributed by atoms with Crippen LogP contribution in [0.2, 0.25) is 0 Å². The smallest absolute Gasteiger partial charge is 0.255 e. The third kappa shape index (κ3) is 5.68. The van der Waals surface area contributed by atoms with Crippen molar-refractivity contribution in [2.75, 3.05) is 18.4 Å². The fraction of sp³-hybridized carbons (Fsp3) is 0.391. The second kappa shape index (κ2) is 9.91. The Bertz CT molecular complexity index is 760. The van der Waals surface area contributed by atoms with Gasteiger partial charge in [0.1, 0.15) is 0 Å². The zero-order valence-corrected chi connectivity index (χ0v) is 16.8. The summed E-state index contributed by atoms with van der Waals surface area (Å²) >= 11 is 0. The maximum Gasteiger partial charge on any atom is 0.255 e. The normalized spacial score (nSPS) is 10.7. The summed E-state index contributed by atoms with van der Waals surface area (Å²) in [5.74, 6) is 0.223. The molecule has 2 rings (SSSR count). The first kappa shape index (κ1) is 20.7. The van der Waals surface area contributed by atoms with Crippen LogP contribution in [-0.4, -0.2) is 29.8 Å². The molecule has 0 bridgehead atoms. The molecule has 0 radical (unpaired) electrons. The first-order chi connectivity index (χ1) is 13.0. The predicted molar refractivity (Wildman–Crippen MR) is 111 cm³/mol. The first-order valence-corrected chi connectivity index (χ1v) is 9.76. The lowest BCUT2D eigenvalue weighted by Gasteiger charge is -2.21. The molecule has 27 heavy (non-hydrogen) atoms. The summed E-state index contributed by atoms with van der Waals surface area (Å²) in [4.78, 5) is 27.2. The highest BCUT2D eigenvalue weighted by Crippen LogP contribution is 2.18. The number of nitrogens with one attached hydrogen (secondary N) is 1. The minimum Gasteiger partial charge on any atom is -0.339 e. The largest absolute Gasteiger partial charge is 0.339 e. The molecule has 0 aliphatic rings. The Labute approximate surface area is 162 Å². The van der Waals surface area contributed by atoms with Crippen LogP contribution in [0.3, 0.4) is 0 Å². The molecular weight excluding hydrogens is 336 g/mol. The minimum absolute atomic E-state index is 0.0189. The number of benzene rings is 2. The molecule has 0 saturated carbocycles. The highest BCUT2D eigenvalue weighted by atomic mass is 16.2. The van der Waals surface area contributed by atoms with Crippen LogP contribution in [0.4, 0.5) is 5.69 Å². The van der Waals surface area contributed by atoms with Gasteiger partial charge in [0.25, 0.3) is 11.8 Å². The van der Waals surface area contributed by atoms with Crippen molar-refractivity contribution in [2.45, 2.75) is 46.5 Å². The van der Waals surface area contributed by atoms with Gasteiger partial charge in [-0.3, -0.25) is 9.59 Å². The van der Waals surface area contributed by atoms with Gasteiger partial charge in [-0.05, 0) is 54.7 Å². The van der Waals surface area contributed by atoms with Gasteiger partial charge in [-0.2, -0.15) is 0 Å². The third-order valence-electron chi connectivity index (χ3n) is 4.48. The van der Waals surface area contributed by atoms with E-state index >= 15 is 0 Å². The van der Waals surface area contributed by atoms with Gasteiger partial charge >= 0.3 is 0 Å². The van der Waals surface area contributed by atoms with Crippen molar-refractivity contribution in [2.24, 2.45) is 0 Å². The van der Waals surface area contributed by atoms with Crippen LogP contribution in [0.5, 0.6) is 0 Å². The van der Waals surface area contributed by atoms with Crippen LogP contribution >= 0.6 is 0 Å². The molecule has 0 fully saturated rings. The van der Waals surface area contributed by atoms with Crippen molar-refractivity contribution in [1.29, 1.82) is 0 Å². The fourth-order valence-corrected chi connectivity index (χ4v) is 2.99. The van der Waals surface area contributed by atoms with Crippen LogP contribution in [0.15, 0.2) is 48.5 Å². The standard InChI is InChI=1S/C23H30N2O2/c1-5-14-25(15-6-2)23(27)20-9-7-8-19(16-20)22(26)24-21-12-10-18(11-13-21)17(3)4/h7-13,16-17H,5-6,14-15H2,1-4H3,(H,24,26). The Morgan fingerprint density at radius 1 is 0.926 bits per heavy atom. The first-order valence-electron chi connectivity index (χ1n) is 9.76. The molecule has 144 valence electrons. The summed E-state index contributed by atoms with van der Waals surface area (Å²) < 4.78 is 0. The van der Waals surface area contributed by atoms with E-state index in [1.807, 2.05) is 29.2 Å². The van der Waals surface area contributed by atoms with Crippen molar-refractivity contribution >= 4 is 17.5 Å². The summed E-state index contributed by atoms with van der Waals surface area (Å²) in [6.45, 7) is 9.85. The van der Waals surface area contributed by atoms with E-state index in [4.69, 9.17) is 0 Å². The minimum atomic E-state index is -0.209.